The van der Waals surface area contributed by atoms with Crippen LogP contribution in [0.5, 0.6) is 0 Å². The number of carbonyl (C=O) groups is 5. The fourth-order valence-electron chi connectivity index (χ4n) is 3.46. The molecule has 0 spiro atoms. The van der Waals surface area contributed by atoms with Crippen molar-refractivity contribution in [1.29, 1.82) is 0 Å². The standard InChI is InChI=1S/C28H44O20/c1-24(6-29,7-30)19(37)42-4-16(46-21(39)26(3,10-33)11-34)18(48-23(41)28(13-36)15-45-28)17(47-22(40)27(12-35)14-44-27)5-43-20(38)25(2,8-31)9-32/h16-18,29-36H,4-15H2,1-3H3. The van der Waals surface area contributed by atoms with Crippen molar-refractivity contribution < 1.29 is 98.0 Å². The molecule has 0 radical (unpaired) electrons. The van der Waals surface area contributed by atoms with E-state index in [1.165, 1.54) is 0 Å². The maximum Gasteiger partial charge on any atom is 0.343 e. The van der Waals surface area contributed by atoms with Crippen molar-refractivity contribution in [2.45, 2.75) is 50.3 Å². The summed E-state index contributed by atoms with van der Waals surface area (Å²) >= 11 is 0. The molecule has 2 aliphatic heterocycles. The van der Waals surface area contributed by atoms with E-state index in [0.29, 0.717) is 0 Å². The highest BCUT2D eigenvalue weighted by Crippen LogP contribution is 2.33. The molecule has 0 aromatic carbocycles. The van der Waals surface area contributed by atoms with E-state index in [-0.39, 0.29) is 13.2 Å². The van der Waals surface area contributed by atoms with Gasteiger partial charge in [-0.2, -0.15) is 0 Å². The molecule has 0 amide bonds. The Bertz CT molecular complexity index is 1130. The zero-order valence-electron chi connectivity index (χ0n) is 26.7. The van der Waals surface area contributed by atoms with Crippen LogP contribution < -0.4 is 0 Å². The maximum atomic E-state index is 13.2. The first kappa shape index (κ1) is 41.1. The normalized spacial score (nSPS) is 22.5. The van der Waals surface area contributed by atoms with E-state index in [4.69, 9.17) is 33.2 Å². The van der Waals surface area contributed by atoms with Gasteiger partial charge in [0.05, 0.1) is 66.1 Å². The van der Waals surface area contributed by atoms with Crippen molar-refractivity contribution in [3.63, 3.8) is 0 Å². The zero-order chi connectivity index (χ0) is 36.6. The van der Waals surface area contributed by atoms with Gasteiger partial charge >= 0.3 is 29.8 Å². The summed E-state index contributed by atoms with van der Waals surface area (Å²) in [5.74, 6) is -6.48. The first-order chi connectivity index (χ1) is 22.5. The number of epoxide rings is 2. The van der Waals surface area contributed by atoms with Crippen LogP contribution in [0.1, 0.15) is 20.8 Å². The van der Waals surface area contributed by atoms with E-state index in [1.807, 2.05) is 0 Å². The molecule has 0 aromatic heterocycles. The molecule has 2 fully saturated rings. The number of ether oxygens (including phenoxy) is 7. The number of carbonyl (C=O) groups excluding carboxylic acids is 5. The predicted octanol–water partition coefficient (Wildman–Crippen LogP) is -5.70. The Morgan fingerprint density at radius 1 is 0.562 bits per heavy atom. The highest BCUT2D eigenvalue weighted by atomic mass is 16.7. The number of aliphatic hydroxyl groups is 8. The van der Waals surface area contributed by atoms with Crippen molar-refractivity contribution >= 4 is 29.8 Å². The highest BCUT2D eigenvalue weighted by molar-refractivity contribution is 5.84. The van der Waals surface area contributed by atoms with Crippen LogP contribution in [0.4, 0.5) is 0 Å². The van der Waals surface area contributed by atoms with E-state index in [9.17, 15) is 64.8 Å². The van der Waals surface area contributed by atoms with Gasteiger partial charge in [-0.05, 0) is 20.8 Å². The van der Waals surface area contributed by atoms with Crippen molar-refractivity contribution in [2.75, 3.05) is 79.3 Å². The second kappa shape index (κ2) is 16.6. The van der Waals surface area contributed by atoms with Crippen molar-refractivity contribution in [1.82, 2.24) is 0 Å². The molecule has 2 saturated heterocycles. The maximum absolute atomic E-state index is 13.2. The van der Waals surface area contributed by atoms with E-state index < -0.39 is 142 Å². The summed E-state index contributed by atoms with van der Waals surface area (Å²) < 4.78 is 36.7. The van der Waals surface area contributed by atoms with E-state index >= 15 is 0 Å². The summed E-state index contributed by atoms with van der Waals surface area (Å²) in [6.45, 7) is -6.94. The van der Waals surface area contributed by atoms with Crippen LogP contribution in [-0.2, 0) is 57.1 Å². The molecule has 0 saturated carbocycles. The van der Waals surface area contributed by atoms with Crippen LogP contribution in [0.2, 0.25) is 0 Å². The Labute approximate surface area is 274 Å². The molecule has 276 valence electrons. The monoisotopic (exact) mass is 700 g/mol. The molecule has 5 unspecified atom stereocenters. The van der Waals surface area contributed by atoms with Crippen molar-refractivity contribution in [3.05, 3.63) is 0 Å². The summed E-state index contributed by atoms with van der Waals surface area (Å²) in [5, 5.41) is 77.5. The third-order valence-corrected chi connectivity index (χ3v) is 8.06. The zero-order valence-corrected chi connectivity index (χ0v) is 26.7. The molecule has 0 bridgehead atoms. The van der Waals surface area contributed by atoms with Gasteiger partial charge in [0, 0.05) is 0 Å². The predicted molar refractivity (Wildman–Crippen MR) is 150 cm³/mol. The van der Waals surface area contributed by atoms with Gasteiger partial charge in [0.2, 0.25) is 11.2 Å². The van der Waals surface area contributed by atoms with Gasteiger partial charge in [-0.1, -0.05) is 0 Å². The average molecular weight is 701 g/mol. The highest BCUT2D eigenvalue weighted by Gasteiger charge is 2.58. The molecule has 5 atom stereocenters. The van der Waals surface area contributed by atoms with Gasteiger partial charge in [-0.25, -0.2) is 9.59 Å². The average Bonchev–Trinajstić information content (AvgIpc) is 4.04. The Kier molecular flexibility index (Phi) is 14.2. The quantitative estimate of drug-likeness (QED) is 0.0296. The van der Waals surface area contributed by atoms with Gasteiger partial charge in [0.25, 0.3) is 0 Å². The lowest BCUT2D eigenvalue weighted by molar-refractivity contribution is -0.209. The van der Waals surface area contributed by atoms with E-state index in [1.54, 1.807) is 0 Å². The molecule has 2 aliphatic rings. The first-order valence-corrected chi connectivity index (χ1v) is 14.6. The lowest BCUT2D eigenvalue weighted by atomic mass is 9.93. The van der Waals surface area contributed by atoms with Gasteiger partial charge in [-0.15, -0.1) is 0 Å². The van der Waals surface area contributed by atoms with Crippen LogP contribution in [0.25, 0.3) is 0 Å². The molecule has 8 N–H and O–H groups in total. The van der Waals surface area contributed by atoms with Gasteiger partial charge in [-0.3, -0.25) is 14.4 Å². The molecule has 20 heteroatoms. The number of hydrogen-bond donors (Lipinski definition) is 8. The molecule has 2 heterocycles. The van der Waals surface area contributed by atoms with Crippen LogP contribution in [0.3, 0.4) is 0 Å². The van der Waals surface area contributed by atoms with Gasteiger partial charge in [0.1, 0.15) is 29.5 Å². The Morgan fingerprint density at radius 3 is 1.19 bits per heavy atom. The number of aliphatic hydroxyl groups excluding tert-OH is 8. The minimum absolute atomic E-state index is 0.323. The van der Waals surface area contributed by atoms with Gasteiger partial charge < -0.3 is 74.0 Å². The largest absolute Gasteiger partial charge is 0.461 e. The summed E-state index contributed by atoms with van der Waals surface area (Å²) in [7, 11) is 0. The number of esters is 5. The second-order valence-corrected chi connectivity index (χ2v) is 12.5. The minimum atomic E-state index is -2.15. The molecule has 2 rings (SSSR count). The minimum Gasteiger partial charge on any atom is -0.461 e. The fourth-order valence-corrected chi connectivity index (χ4v) is 3.46. The molecule has 0 aromatic rings. The Morgan fingerprint density at radius 2 is 0.875 bits per heavy atom. The first-order valence-electron chi connectivity index (χ1n) is 14.6. The summed E-state index contributed by atoms with van der Waals surface area (Å²) in [6.07, 6.45) is -6.26. The van der Waals surface area contributed by atoms with Crippen LogP contribution in [-0.4, -0.2) is 179 Å². The second-order valence-electron chi connectivity index (χ2n) is 12.5. The fraction of sp³-hybridized carbons (Fsp3) is 0.821. The van der Waals surface area contributed by atoms with Crippen LogP contribution in [0.15, 0.2) is 0 Å². The van der Waals surface area contributed by atoms with Crippen LogP contribution >= 0.6 is 0 Å². The van der Waals surface area contributed by atoms with Crippen molar-refractivity contribution in [2.24, 2.45) is 16.2 Å². The molecule has 48 heavy (non-hydrogen) atoms. The summed E-state index contributed by atoms with van der Waals surface area (Å²) in [6, 6.07) is 0. The number of hydrogen-bond acceptors (Lipinski definition) is 20. The lowest BCUT2D eigenvalue weighted by Gasteiger charge is -2.35. The summed E-state index contributed by atoms with van der Waals surface area (Å²) in [5.41, 5.74) is -9.61. The third kappa shape index (κ3) is 9.14. The summed E-state index contributed by atoms with van der Waals surface area (Å²) in [4.78, 5) is 65.2. The Balaban J connectivity index is 2.66. The van der Waals surface area contributed by atoms with Crippen LogP contribution in [0, 0.1) is 16.2 Å². The van der Waals surface area contributed by atoms with Crippen molar-refractivity contribution in [3.8, 4) is 0 Å². The van der Waals surface area contributed by atoms with Gasteiger partial charge in [0.15, 0.2) is 18.3 Å². The molecular formula is C28H44O20. The van der Waals surface area contributed by atoms with E-state index in [0.717, 1.165) is 20.8 Å². The SMILES string of the molecule is CC(CO)(CO)C(=O)OCC(OC(=O)C(C)(CO)CO)C(OC(=O)C1(CO)CO1)C(COC(=O)C(C)(CO)CO)OC(=O)C1(CO)CO1. The molecule has 20 nitrogen and oxygen atoms in total. The third-order valence-electron chi connectivity index (χ3n) is 8.06. The smallest absolute Gasteiger partial charge is 0.343 e. The lowest BCUT2D eigenvalue weighted by Crippen LogP contribution is -2.54. The van der Waals surface area contributed by atoms with E-state index in [2.05, 4.69) is 0 Å². The Hall–Kier alpha value is -3.05. The number of rotatable bonds is 22. The molecular weight excluding hydrogens is 656 g/mol. The molecule has 0 aliphatic carbocycles. The topological polar surface area (TPSA) is 318 Å².